The number of methoxy groups -OCH3 is 1. The van der Waals surface area contributed by atoms with Gasteiger partial charge < -0.3 is 39.2 Å². The molecule has 2 aliphatic rings. The van der Waals surface area contributed by atoms with E-state index in [0.717, 1.165) is 39.8 Å². The standard InChI is InChI=1S/C69H56N6O12S3/c1-43(76)84-56-36-32-48(37-57(56)85-44(2)77)62(67(81)86-61(46-19-9-4-10-20-46)47-21-11-5-12-22-47)87-74-58(55-41-89-68(71-55)73-69(50-23-13-6-14-24-50,51-25-15-7-16-26-51)52-27-17-8-18-28-52)63(78)72-59-64(79)75-60(66(80)83-39-45-29-33-53(82-3)34-30-45)49(40-88-65(59)75)31-35-54-38-70-42-90-54/h4-38,41-42,59,61-62,65H,39-40H2,1-3H3,(H,71,73)(H,72,78)/b35-31?,74-58+/t59-,62?,65-/m1/s1. The fourth-order valence-corrected chi connectivity index (χ4v) is 12.8. The molecule has 0 radical (unpaired) electrons. The predicted octanol–water partition coefficient (Wildman–Crippen LogP) is 11.8. The highest BCUT2D eigenvalue weighted by atomic mass is 32.2. The number of oxime groups is 1. The highest BCUT2D eigenvalue weighted by Gasteiger charge is 2.55. The number of nitrogens with one attached hydrogen (secondary N) is 2. The monoisotopic (exact) mass is 1260 g/mol. The number of rotatable bonds is 23. The van der Waals surface area contributed by atoms with Gasteiger partial charge in [0.2, 0.25) is 6.10 Å². The molecule has 1 fully saturated rings. The van der Waals surface area contributed by atoms with Crippen LogP contribution in [0.1, 0.15) is 75.6 Å². The summed E-state index contributed by atoms with van der Waals surface area (Å²) in [7, 11) is 1.55. The third-order valence-electron chi connectivity index (χ3n) is 14.5. The van der Waals surface area contributed by atoms with Gasteiger partial charge in [-0.2, -0.15) is 0 Å². The van der Waals surface area contributed by atoms with Gasteiger partial charge in [0.1, 0.15) is 40.7 Å². The van der Waals surface area contributed by atoms with Gasteiger partial charge in [0.05, 0.1) is 12.6 Å². The summed E-state index contributed by atoms with van der Waals surface area (Å²) in [4.78, 5) is 102. The van der Waals surface area contributed by atoms with E-state index in [1.54, 1.807) is 109 Å². The van der Waals surface area contributed by atoms with Gasteiger partial charge in [-0.25, -0.2) is 14.6 Å². The van der Waals surface area contributed by atoms with Gasteiger partial charge in [-0.3, -0.25) is 29.1 Å². The lowest BCUT2D eigenvalue weighted by Crippen LogP contribution is -2.71. The molecule has 90 heavy (non-hydrogen) atoms. The Hall–Kier alpha value is -10.5. The van der Waals surface area contributed by atoms with Crippen LogP contribution in [-0.2, 0) is 55.2 Å². The van der Waals surface area contributed by atoms with Gasteiger partial charge >= 0.3 is 23.9 Å². The summed E-state index contributed by atoms with van der Waals surface area (Å²) in [5.74, 6) is -4.35. The Morgan fingerprint density at radius 2 is 1.30 bits per heavy atom. The summed E-state index contributed by atoms with van der Waals surface area (Å²) in [5, 5.41) is 12.2. The van der Waals surface area contributed by atoms with Crippen LogP contribution < -0.4 is 24.8 Å². The number of nitrogens with zero attached hydrogens (tertiary/aromatic N) is 4. The van der Waals surface area contributed by atoms with Crippen LogP contribution in [0.2, 0.25) is 0 Å². The zero-order valence-corrected chi connectivity index (χ0v) is 50.9. The van der Waals surface area contributed by atoms with Crippen molar-refractivity contribution in [3.63, 3.8) is 0 Å². The minimum Gasteiger partial charge on any atom is -0.497 e. The van der Waals surface area contributed by atoms with Crippen LogP contribution in [0, 0.1) is 0 Å². The molecule has 1 saturated heterocycles. The van der Waals surface area contributed by atoms with Gasteiger partial charge in [0.25, 0.3) is 11.8 Å². The summed E-state index contributed by atoms with van der Waals surface area (Å²) in [5.41, 5.74) is 5.11. The van der Waals surface area contributed by atoms with E-state index in [9.17, 15) is 19.2 Å². The van der Waals surface area contributed by atoms with E-state index >= 15 is 9.59 Å². The van der Waals surface area contributed by atoms with E-state index in [0.29, 0.717) is 33.1 Å². The molecule has 18 nitrogen and oxygen atoms in total. The van der Waals surface area contributed by atoms with Crippen LogP contribution in [0.3, 0.4) is 0 Å². The summed E-state index contributed by atoms with van der Waals surface area (Å²) in [6.07, 6.45) is 2.39. The number of carbonyl (C=O) groups is 6. The molecule has 3 atom stereocenters. The van der Waals surface area contributed by atoms with E-state index in [1.807, 2.05) is 103 Å². The predicted molar refractivity (Wildman–Crippen MR) is 341 cm³/mol. The first-order chi connectivity index (χ1) is 43.9. The molecule has 2 N–H and O–H groups in total. The quantitative estimate of drug-likeness (QED) is 0.0152. The lowest BCUT2D eigenvalue weighted by molar-refractivity contribution is -0.162. The minimum absolute atomic E-state index is 0.00339. The maximum absolute atomic E-state index is 15.4. The molecule has 0 spiro atoms. The van der Waals surface area contributed by atoms with E-state index in [-0.39, 0.29) is 40.8 Å². The molecular formula is C69H56N6O12S3. The average molecular weight is 1260 g/mol. The van der Waals surface area contributed by atoms with Crippen molar-refractivity contribution in [2.75, 3.05) is 18.2 Å². The summed E-state index contributed by atoms with van der Waals surface area (Å²) in [6, 6.07) is 57.2. The van der Waals surface area contributed by atoms with Crippen molar-refractivity contribution >= 4 is 87.0 Å². The molecule has 2 amide bonds. The first kappa shape index (κ1) is 61.2. The lowest BCUT2D eigenvalue weighted by atomic mass is 9.77. The van der Waals surface area contributed by atoms with Crippen molar-refractivity contribution in [3.8, 4) is 17.2 Å². The summed E-state index contributed by atoms with van der Waals surface area (Å²) >= 11 is 3.87. The fraction of sp³-hybridized carbons (Fsp3) is 0.145. The number of ether oxygens (including phenoxy) is 5. The summed E-state index contributed by atoms with van der Waals surface area (Å²) < 4.78 is 28.4. The second-order valence-electron chi connectivity index (χ2n) is 20.4. The second kappa shape index (κ2) is 28.1. The first-order valence-corrected chi connectivity index (χ1v) is 31.0. The third-order valence-corrected chi connectivity index (χ3v) is 17.3. The number of thiazole rings is 2. The Kier molecular flexibility index (Phi) is 19.1. The Morgan fingerprint density at radius 1 is 0.711 bits per heavy atom. The maximum atomic E-state index is 15.4. The van der Waals surface area contributed by atoms with Crippen LogP contribution in [0.25, 0.3) is 6.08 Å². The fourth-order valence-electron chi connectivity index (χ4n) is 10.3. The van der Waals surface area contributed by atoms with E-state index in [2.05, 4.69) is 20.8 Å². The SMILES string of the molecule is COc1ccc(COC(=O)C2=C(C=Cc3cncs3)CS[C@@H]3[C@H](NC(=O)/C(=N/OC(C(=O)OC(c4ccccc4)c4ccccc4)c4ccc(OC(C)=O)c(OC(C)=O)c4)c4csc(NC(c5ccccc5)(c5ccccc5)c5ccccc5)n4)C(=O)N23)cc1. The second-order valence-corrected chi connectivity index (χ2v) is 23.2. The van der Waals surface area contributed by atoms with Crippen LogP contribution in [0.4, 0.5) is 5.13 Å². The van der Waals surface area contributed by atoms with Crippen molar-refractivity contribution in [3.05, 3.63) is 278 Å². The summed E-state index contributed by atoms with van der Waals surface area (Å²) in [6.45, 7) is 2.21. The number of anilines is 1. The molecule has 4 heterocycles. The van der Waals surface area contributed by atoms with Gasteiger partial charge in [0.15, 0.2) is 28.4 Å². The van der Waals surface area contributed by atoms with Gasteiger partial charge in [-0.05, 0) is 69.3 Å². The Bertz CT molecular complexity index is 4000. The molecule has 2 aromatic heterocycles. The van der Waals surface area contributed by atoms with E-state index in [1.165, 1.54) is 53.1 Å². The molecule has 11 rings (SSSR count). The van der Waals surface area contributed by atoms with Crippen LogP contribution in [-0.4, -0.2) is 80.5 Å². The molecule has 452 valence electrons. The third kappa shape index (κ3) is 13.8. The molecule has 7 aromatic carbocycles. The van der Waals surface area contributed by atoms with Crippen molar-refractivity contribution in [1.29, 1.82) is 0 Å². The normalized spacial score (nSPS) is 15.0. The van der Waals surface area contributed by atoms with Crippen LogP contribution >= 0.6 is 34.4 Å². The molecular weight excluding hydrogens is 1200 g/mol. The number of hydrogen-bond donors (Lipinski definition) is 2. The van der Waals surface area contributed by atoms with Gasteiger partial charge in [-0.1, -0.05) is 181 Å². The lowest BCUT2D eigenvalue weighted by Gasteiger charge is -2.49. The number of thioether (sulfide) groups is 1. The molecule has 0 bridgehead atoms. The Balaban J connectivity index is 0.990. The largest absolute Gasteiger partial charge is 0.497 e. The Labute approximate surface area is 529 Å². The van der Waals surface area contributed by atoms with Gasteiger partial charge in [0, 0.05) is 41.6 Å². The van der Waals surface area contributed by atoms with E-state index in [4.69, 9.17) is 33.5 Å². The van der Waals surface area contributed by atoms with Crippen molar-refractivity contribution < 1.29 is 57.3 Å². The van der Waals surface area contributed by atoms with Crippen molar-refractivity contribution in [2.45, 2.75) is 49.6 Å². The molecule has 0 aliphatic carbocycles. The zero-order chi connectivity index (χ0) is 62.6. The minimum atomic E-state index is -1.84. The number of carbonyl (C=O) groups excluding carboxylic acids is 6. The van der Waals surface area contributed by atoms with Gasteiger partial charge in [-0.15, -0.1) is 34.4 Å². The van der Waals surface area contributed by atoms with Crippen molar-refractivity contribution in [1.82, 2.24) is 20.2 Å². The highest BCUT2D eigenvalue weighted by Crippen LogP contribution is 2.44. The number of aromatic nitrogens is 2. The van der Waals surface area contributed by atoms with Crippen molar-refractivity contribution in [2.24, 2.45) is 5.16 Å². The number of benzene rings is 7. The molecule has 21 heteroatoms. The van der Waals surface area contributed by atoms with Crippen LogP contribution in [0.5, 0.6) is 17.2 Å². The molecule has 1 unspecified atom stereocenters. The number of β-lactam (4-membered cyclic amide) rings is 1. The Morgan fingerprint density at radius 3 is 1.87 bits per heavy atom. The molecule has 2 aliphatic heterocycles. The number of hydrogen-bond acceptors (Lipinski definition) is 19. The maximum Gasteiger partial charge on any atom is 0.355 e. The molecule has 9 aromatic rings. The smallest absolute Gasteiger partial charge is 0.355 e. The first-order valence-electron chi connectivity index (χ1n) is 28.2. The molecule has 0 saturated carbocycles. The topological polar surface area (TPSA) is 223 Å². The number of esters is 4. The number of fused-ring (bicyclic) bond motifs is 1. The zero-order valence-electron chi connectivity index (χ0n) is 48.5. The van der Waals surface area contributed by atoms with Crippen LogP contribution in [0.15, 0.2) is 234 Å². The highest BCUT2D eigenvalue weighted by molar-refractivity contribution is 8.00. The van der Waals surface area contributed by atoms with E-state index < -0.39 is 70.6 Å². The average Bonchev–Trinajstić information content (AvgIpc) is 0.762. The number of allylic oxidation sites excluding steroid dienone is 1. The number of amides is 2.